The number of H-pyrrole nitrogens is 1. The van der Waals surface area contributed by atoms with E-state index in [1.807, 2.05) is 23.6 Å². The van der Waals surface area contributed by atoms with E-state index in [1.165, 1.54) is 0 Å². The van der Waals surface area contributed by atoms with Crippen molar-refractivity contribution in [2.75, 3.05) is 0 Å². The molecular weight excluding hydrogens is 212 g/mol. The molecule has 0 spiro atoms. The van der Waals surface area contributed by atoms with Crippen molar-refractivity contribution in [2.24, 2.45) is 0 Å². The predicted octanol–water partition coefficient (Wildman–Crippen LogP) is 2.16. The van der Waals surface area contributed by atoms with Crippen molar-refractivity contribution in [2.45, 2.75) is 12.8 Å². The highest BCUT2D eigenvalue weighted by Gasteiger charge is 2.05. The highest BCUT2D eigenvalue weighted by atomic mass is 32.1. The largest absolute Gasteiger partial charge is 0.481 e. The first-order valence-corrected chi connectivity index (χ1v) is 5.43. The van der Waals surface area contributed by atoms with Crippen LogP contribution in [0.3, 0.4) is 0 Å². The Kier molecular flexibility index (Phi) is 2.82. The third-order valence-corrected chi connectivity index (χ3v) is 2.91. The van der Waals surface area contributed by atoms with Crippen LogP contribution in [-0.4, -0.2) is 21.3 Å². The summed E-state index contributed by atoms with van der Waals surface area (Å²) in [6.07, 6.45) is 0.625. The molecule has 0 aliphatic rings. The molecule has 0 aliphatic heterocycles. The van der Waals surface area contributed by atoms with Gasteiger partial charge in [-0.05, 0) is 23.9 Å². The molecule has 0 amide bonds. The number of aryl methyl sites for hydroxylation is 1. The first kappa shape index (κ1) is 9.92. The topological polar surface area (TPSA) is 66.0 Å². The summed E-state index contributed by atoms with van der Waals surface area (Å²) >= 11 is 1.61. The summed E-state index contributed by atoms with van der Waals surface area (Å²) in [7, 11) is 0. The average molecular weight is 222 g/mol. The summed E-state index contributed by atoms with van der Waals surface area (Å²) in [5.41, 5.74) is 1.74. The third kappa shape index (κ3) is 2.44. The van der Waals surface area contributed by atoms with Gasteiger partial charge in [-0.15, -0.1) is 11.3 Å². The van der Waals surface area contributed by atoms with Crippen molar-refractivity contribution < 1.29 is 9.90 Å². The Labute approximate surface area is 90.6 Å². The molecule has 4 nitrogen and oxygen atoms in total. The maximum absolute atomic E-state index is 10.4. The molecule has 0 saturated carbocycles. The maximum atomic E-state index is 10.4. The van der Waals surface area contributed by atoms with Gasteiger partial charge in [0.1, 0.15) is 5.69 Å². The smallest absolute Gasteiger partial charge is 0.303 e. The van der Waals surface area contributed by atoms with Crippen LogP contribution in [0.5, 0.6) is 0 Å². The Morgan fingerprint density at radius 1 is 1.60 bits per heavy atom. The van der Waals surface area contributed by atoms with Crippen LogP contribution >= 0.6 is 11.3 Å². The molecule has 0 saturated heterocycles. The molecule has 15 heavy (non-hydrogen) atoms. The Hall–Kier alpha value is -1.62. The number of nitrogens with one attached hydrogen (secondary N) is 1. The van der Waals surface area contributed by atoms with Gasteiger partial charge in [-0.3, -0.25) is 9.89 Å². The van der Waals surface area contributed by atoms with Gasteiger partial charge >= 0.3 is 5.97 Å². The van der Waals surface area contributed by atoms with Crippen molar-refractivity contribution in [3.05, 3.63) is 29.3 Å². The average Bonchev–Trinajstić information content (AvgIpc) is 2.85. The van der Waals surface area contributed by atoms with Crippen LogP contribution in [0.4, 0.5) is 0 Å². The van der Waals surface area contributed by atoms with E-state index in [9.17, 15) is 4.79 Å². The second-order valence-corrected chi connectivity index (χ2v) is 4.10. The number of carboxylic acids is 1. The number of hydrogen-bond acceptors (Lipinski definition) is 3. The Balaban J connectivity index is 2.08. The molecule has 2 N–H and O–H groups in total. The molecule has 2 aromatic heterocycles. The zero-order valence-corrected chi connectivity index (χ0v) is 8.75. The monoisotopic (exact) mass is 222 g/mol. The van der Waals surface area contributed by atoms with Crippen LogP contribution < -0.4 is 0 Å². The molecule has 5 heteroatoms. The predicted molar refractivity (Wildman–Crippen MR) is 57.9 cm³/mol. The van der Waals surface area contributed by atoms with Crippen molar-refractivity contribution in [3.63, 3.8) is 0 Å². The van der Waals surface area contributed by atoms with Crippen LogP contribution in [0, 0.1) is 0 Å². The maximum Gasteiger partial charge on any atom is 0.303 e. The normalized spacial score (nSPS) is 10.4. The molecule has 0 aromatic carbocycles. The SMILES string of the molecule is O=C(O)CCc1cc(-c2cccs2)n[nH]1. The number of rotatable bonds is 4. The lowest BCUT2D eigenvalue weighted by atomic mass is 10.2. The molecule has 78 valence electrons. The number of thiophene rings is 1. The highest BCUT2D eigenvalue weighted by Crippen LogP contribution is 2.23. The van der Waals surface area contributed by atoms with Crippen molar-refractivity contribution in [1.82, 2.24) is 10.2 Å². The third-order valence-electron chi connectivity index (χ3n) is 2.01. The van der Waals surface area contributed by atoms with E-state index in [2.05, 4.69) is 10.2 Å². The van der Waals surface area contributed by atoms with Gasteiger partial charge in [-0.2, -0.15) is 5.10 Å². The van der Waals surface area contributed by atoms with E-state index in [0.29, 0.717) is 6.42 Å². The fraction of sp³-hybridized carbons (Fsp3) is 0.200. The minimum Gasteiger partial charge on any atom is -0.481 e. The summed E-state index contributed by atoms with van der Waals surface area (Å²) in [4.78, 5) is 11.5. The molecule has 0 radical (unpaired) electrons. The molecule has 0 aliphatic carbocycles. The molecule has 2 aromatic rings. The Morgan fingerprint density at radius 2 is 2.47 bits per heavy atom. The lowest BCUT2D eigenvalue weighted by Gasteiger charge is -1.90. The number of carbonyl (C=O) groups is 1. The number of aromatic amines is 1. The molecule has 0 fully saturated rings. The standard InChI is InChI=1S/C10H10N2O2S/c13-10(14)4-3-7-6-8(12-11-7)9-2-1-5-15-9/h1-2,5-6H,3-4H2,(H,11,12)(H,13,14). The second-order valence-electron chi connectivity index (χ2n) is 3.15. The lowest BCUT2D eigenvalue weighted by Crippen LogP contribution is -1.97. The van der Waals surface area contributed by atoms with Gasteiger partial charge in [-0.25, -0.2) is 0 Å². The minimum absolute atomic E-state index is 0.131. The van der Waals surface area contributed by atoms with Crippen molar-refractivity contribution in [3.8, 4) is 10.6 Å². The minimum atomic E-state index is -0.790. The zero-order chi connectivity index (χ0) is 10.7. The van der Waals surface area contributed by atoms with Gasteiger partial charge in [0.2, 0.25) is 0 Å². The molecule has 2 rings (SSSR count). The van der Waals surface area contributed by atoms with E-state index in [4.69, 9.17) is 5.11 Å². The van der Waals surface area contributed by atoms with Crippen LogP contribution in [-0.2, 0) is 11.2 Å². The summed E-state index contributed by atoms with van der Waals surface area (Å²) < 4.78 is 0. The Bertz CT molecular complexity index is 448. The van der Waals surface area contributed by atoms with Gasteiger partial charge in [0.25, 0.3) is 0 Å². The number of hydrogen-bond donors (Lipinski definition) is 2. The first-order chi connectivity index (χ1) is 7.25. The summed E-state index contributed by atoms with van der Waals surface area (Å²) in [5, 5.41) is 17.5. The molecule has 0 atom stereocenters. The second kappa shape index (κ2) is 4.27. The van der Waals surface area contributed by atoms with Gasteiger partial charge in [0.15, 0.2) is 0 Å². The molecule has 2 heterocycles. The number of aromatic nitrogens is 2. The van der Waals surface area contributed by atoms with Crippen LogP contribution in [0.1, 0.15) is 12.1 Å². The summed E-state index contributed by atoms with van der Waals surface area (Å²) in [6, 6.07) is 5.85. The van der Waals surface area contributed by atoms with E-state index in [-0.39, 0.29) is 6.42 Å². The van der Waals surface area contributed by atoms with Crippen LogP contribution in [0.15, 0.2) is 23.6 Å². The summed E-state index contributed by atoms with van der Waals surface area (Å²) in [5.74, 6) is -0.790. The fourth-order valence-corrected chi connectivity index (χ4v) is 1.97. The van der Waals surface area contributed by atoms with E-state index in [0.717, 1.165) is 16.3 Å². The van der Waals surface area contributed by atoms with Crippen molar-refractivity contribution >= 4 is 17.3 Å². The summed E-state index contributed by atoms with van der Waals surface area (Å²) in [6.45, 7) is 0. The number of aliphatic carboxylic acids is 1. The molecular formula is C10H10N2O2S. The quantitative estimate of drug-likeness (QED) is 0.833. The van der Waals surface area contributed by atoms with Crippen LogP contribution in [0.2, 0.25) is 0 Å². The molecule has 0 unspecified atom stereocenters. The van der Waals surface area contributed by atoms with Gasteiger partial charge in [0, 0.05) is 5.69 Å². The Morgan fingerprint density at radius 3 is 3.13 bits per heavy atom. The van der Waals surface area contributed by atoms with Gasteiger partial charge in [0.05, 0.1) is 11.3 Å². The highest BCUT2D eigenvalue weighted by molar-refractivity contribution is 7.13. The molecule has 0 bridgehead atoms. The van der Waals surface area contributed by atoms with Gasteiger partial charge < -0.3 is 5.11 Å². The van der Waals surface area contributed by atoms with E-state index in [1.54, 1.807) is 11.3 Å². The zero-order valence-electron chi connectivity index (χ0n) is 7.93. The van der Waals surface area contributed by atoms with Gasteiger partial charge in [-0.1, -0.05) is 6.07 Å². The lowest BCUT2D eigenvalue weighted by molar-refractivity contribution is -0.136. The van der Waals surface area contributed by atoms with E-state index < -0.39 is 5.97 Å². The van der Waals surface area contributed by atoms with E-state index >= 15 is 0 Å². The first-order valence-electron chi connectivity index (χ1n) is 4.55. The number of carboxylic acid groups (broad SMARTS) is 1. The van der Waals surface area contributed by atoms with Crippen LogP contribution in [0.25, 0.3) is 10.6 Å². The number of nitrogens with zero attached hydrogens (tertiary/aromatic N) is 1. The van der Waals surface area contributed by atoms with Crippen molar-refractivity contribution in [1.29, 1.82) is 0 Å². The fourth-order valence-electron chi connectivity index (χ4n) is 1.28.